The molecule has 1 aromatic carbocycles. The van der Waals surface area contributed by atoms with E-state index in [1.165, 1.54) is 38.2 Å². The molecule has 1 aromatic rings. The largest absolute Gasteiger partial charge is 0.478 e. The van der Waals surface area contributed by atoms with Gasteiger partial charge in [-0.05, 0) is 37.3 Å². The van der Waals surface area contributed by atoms with Crippen LogP contribution in [-0.4, -0.2) is 23.0 Å². The van der Waals surface area contributed by atoms with Gasteiger partial charge in [0.15, 0.2) is 0 Å². The van der Waals surface area contributed by atoms with E-state index in [1.54, 1.807) is 18.2 Å². The van der Waals surface area contributed by atoms with Gasteiger partial charge in [-0.2, -0.15) is 0 Å². The predicted octanol–water partition coefficient (Wildman–Crippen LogP) is 3.01. The molecule has 21 heavy (non-hydrogen) atoms. The zero-order valence-corrected chi connectivity index (χ0v) is 12.5. The average Bonchev–Trinajstić information content (AvgIpc) is 2.48. The number of hydrogen-bond acceptors (Lipinski definition) is 2. The SMILES string of the molecule is CC(NC(=O)Cc1ccccc1C(=O)O)C1CCCCC1. The van der Waals surface area contributed by atoms with Crippen molar-refractivity contribution in [3.05, 3.63) is 35.4 Å². The molecule has 1 atom stereocenters. The van der Waals surface area contributed by atoms with Gasteiger partial charge in [0.05, 0.1) is 12.0 Å². The highest BCUT2D eigenvalue weighted by molar-refractivity contribution is 5.91. The van der Waals surface area contributed by atoms with Gasteiger partial charge < -0.3 is 10.4 Å². The molecular weight excluding hydrogens is 266 g/mol. The maximum atomic E-state index is 12.1. The summed E-state index contributed by atoms with van der Waals surface area (Å²) in [6, 6.07) is 6.84. The van der Waals surface area contributed by atoms with E-state index in [-0.39, 0.29) is 23.9 Å². The highest BCUT2D eigenvalue weighted by Crippen LogP contribution is 2.26. The Kier molecular flexibility index (Phi) is 5.37. The molecule has 0 spiro atoms. The second-order valence-electron chi connectivity index (χ2n) is 5.89. The Hall–Kier alpha value is -1.84. The Morgan fingerprint density at radius 3 is 2.57 bits per heavy atom. The summed E-state index contributed by atoms with van der Waals surface area (Å²) in [5, 5.41) is 12.2. The molecule has 2 rings (SSSR count). The van der Waals surface area contributed by atoms with Crippen LogP contribution in [0, 0.1) is 5.92 Å². The lowest BCUT2D eigenvalue weighted by Crippen LogP contribution is -2.39. The topological polar surface area (TPSA) is 66.4 Å². The highest BCUT2D eigenvalue weighted by Gasteiger charge is 2.22. The van der Waals surface area contributed by atoms with Crippen molar-refractivity contribution in [3.63, 3.8) is 0 Å². The summed E-state index contributed by atoms with van der Waals surface area (Å²) in [6.07, 6.45) is 6.25. The number of carbonyl (C=O) groups excluding carboxylic acids is 1. The van der Waals surface area contributed by atoms with Gasteiger partial charge in [0.1, 0.15) is 0 Å². The molecule has 0 radical (unpaired) electrons. The van der Waals surface area contributed by atoms with Crippen LogP contribution in [0.5, 0.6) is 0 Å². The van der Waals surface area contributed by atoms with E-state index in [0.717, 1.165) is 0 Å². The van der Waals surface area contributed by atoms with Crippen molar-refractivity contribution in [2.45, 2.75) is 51.5 Å². The minimum Gasteiger partial charge on any atom is -0.478 e. The Labute approximate surface area is 125 Å². The molecule has 4 nitrogen and oxygen atoms in total. The van der Waals surface area contributed by atoms with Crippen molar-refractivity contribution in [2.75, 3.05) is 0 Å². The number of aromatic carboxylic acids is 1. The van der Waals surface area contributed by atoms with E-state index in [2.05, 4.69) is 12.2 Å². The van der Waals surface area contributed by atoms with Crippen LogP contribution in [0.3, 0.4) is 0 Å². The van der Waals surface area contributed by atoms with Crippen LogP contribution in [0.25, 0.3) is 0 Å². The molecule has 4 heteroatoms. The van der Waals surface area contributed by atoms with Crippen LogP contribution in [-0.2, 0) is 11.2 Å². The van der Waals surface area contributed by atoms with Gasteiger partial charge in [0.25, 0.3) is 0 Å². The zero-order chi connectivity index (χ0) is 15.2. The van der Waals surface area contributed by atoms with Gasteiger partial charge in [-0.3, -0.25) is 4.79 Å². The number of benzene rings is 1. The first kappa shape index (κ1) is 15.5. The Bertz CT molecular complexity index is 507. The first-order valence-corrected chi connectivity index (χ1v) is 7.68. The van der Waals surface area contributed by atoms with E-state index in [0.29, 0.717) is 11.5 Å². The zero-order valence-electron chi connectivity index (χ0n) is 12.5. The smallest absolute Gasteiger partial charge is 0.335 e. The summed E-state index contributed by atoms with van der Waals surface area (Å²) in [6.45, 7) is 2.05. The molecule has 0 aliphatic heterocycles. The molecule has 114 valence electrons. The predicted molar refractivity (Wildman–Crippen MR) is 81.3 cm³/mol. The third kappa shape index (κ3) is 4.31. The first-order valence-electron chi connectivity index (χ1n) is 7.68. The number of carboxylic acids is 1. The van der Waals surface area contributed by atoms with Crippen LogP contribution in [0.1, 0.15) is 54.9 Å². The van der Waals surface area contributed by atoms with Gasteiger partial charge in [0.2, 0.25) is 5.91 Å². The average molecular weight is 289 g/mol. The molecular formula is C17H23NO3. The minimum absolute atomic E-state index is 0.0956. The fraction of sp³-hybridized carbons (Fsp3) is 0.529. The van der Waals surface area contributed by atoms with Crippen LogP contribution in [0.15, 0.2) is 24.3 Å². The summed E-state index contributed by atoms with van der Waals surface area (Å²) in [4.78, 5) is 23.3. The summed E-state index contributed by atoms with van der Waals surface area (Å²) in [5.41, 5.74) is 0.774. The Morgan fingerprint density at radius 1 is 1.24 bits per heavy atom. The van der Waals surface area contributed by atoms with E-state index >= 15 is 0 Å². The van der Waals surface area contributed by atoms with Crippen molar-refractivity contribution in [1.82, 2.24) is 5.32 Å². The molecule has 1 saturated carbocycles. The number of carboxylic acid groups (broad SMARTS) is 1. The third-order valence-electron chi connectivity index (χ3n) is 4.34. The van der Waals surface area contributed by atoms with Crippen LogP contribution in [0.2, 0.25) is 0 Å². The quantitative estimate of drug-likeness (QED) is 0.875. The number of nitrogens with one attached hydrogen (secondary N) is 1. The van der Waals surface area contributed by atoms with E-state index in [1.807, 2.05) is 0 Å². The third-order valence-corrected chi connectivity index (χ3v) is 4.34. The minimum atomic E-state index is -0.987. The normalized spacial score (nSPS) is 17.2. The lowest BCUT2D eigenvalue weighted by Gasteiger charge is -2.28. The monoisotopic (exact) mass is 289 g/mol. The molecule has 0 heterocycles. The summed E-state index contributed by atoms with van der Waals surface area (Å²) >= 11 is 0. The fourth-order valence-corrected chi connectivity index (χ4v) is 3.11. The van der Waals surface area contributed by atoms with Gasteiger partial charge in [-0.1, -0.05) is 37.5 Å². The molecule has 1 aliphatic rings. The maximum absolute atomic E-state index is 12.1. The molecule has 2 N–H and O–H groups in total. The maximum Gasteiger partial charge on any atom is 0.335 e. The van der Waals surface area contributed by atoms with E-state index < -0.39 is 5.97 Å². The number of hydrogen-bond donors (Lipinski definition) is 2. The van der Waals surface area contributed by atoms with Gasteiger partial charge in [-0.15, -0.1) is 0 Å². The summed E-state index contributed by atoms with van der Waals surface area (Å²) in [7, 11) is 0. The van der Waals surface area contributed by atoms with E-state index in [9.17, 15) is 9.59 Å². The van der Waals surface area contributed by atoms with Crippen molar-refractivity contribution >= 4 is 11.9 Å². The second-order valence-corrected chi connectivity index (χ2v) is 5.89. The van der Waals surface area contributed by atoms with Crippen molar-refractivity contribution in [2.24, 2.45) is 5.92 Å². The van der Waals surface area contributed by atoms with Crippen LogP contribution < -0.4 is 5.32 Å². The lowest BCUT2D eigenvalue weighted by atomic mass is 9.84. The number of rotatable bonds is 5. The molecule has 0 aromatic heterocycles. The molecule has 0 saturated heterocycles. The Morgan fingerprint density at radius 2 is 1.90 bits per heavy atom. The molecule has 0 bridgehead atoms. The molecule has 1 aliphatic carbocycles. The Balaban J connectivity index is 1.94. The van der Waals surface area contributed by atoms with Gasteiger partial charge >= 0.3 is 5.97 Å². The lowest BCUT2D eigenvalue weighted by molar-refractivity contribution is -0.121. The standard InChI is InChI=1S/C17H23NO3/c1-12(13-7-3-2-4-8-13)18-16(19)11-14-9-5-6-10-15(14)17(20)21/h5-6,9-10,12-13H,2-4,7-8,11H2,1H3,(H,18,19)(H,20,21). The number of amides is 1. The summed E-state index contributed by atoms with van der Waals surface area (Å²) < 4.78 is 0. The first-order chi connectivity index (χ1) is 10.1. The van der Waals surface area contributed by atoms with Crippen molar-refractivity contribution < 1.29 is 14.7 Å². The highest BCUT2D eigenvalue weighted by atomic mass is 16.4. The number of carbonyl (C=O) groups is 2. The molecule has 1 amide bonds. The molecule has 1 unspecified atom stereocenters. The van der Waals surface area contributed by atoms with Gasteiger partial charge in [0, 0.05) is 6.04 Å². The second kappa shape index (κ2) is 7.25. The van der Waals surface area contributed by atoms with Crippen molar-refractivity contribution in [3.8, 4) is 0 Å². The summed E-state index contributed by atoms with van der Waals surface area (Å²) in [5.74, 6) is -0.530. The fourth-order valence-electron chi connectivity index (χ4n) is 3.11. The van der Waals surface area contributed by atoms with Gasteiger partial charge in [-0.25, -0.2) is 4.79 Å². The van der Waals surface area contributed by atoms with Crippen LogP contribution >= 0.6 is 0 Å². The molecule has 1 fully saturated rings. The van der Waals surface area contributed by atoms with Crippen LogP contribution in [0.4, 0.5) is 0 Å². The van der Waals surface area contributed by atoms with Crippen molar-refractivity contribution in [1.29, 1.82) is 0 Å². The van der Waals surface area contributed by atoms with E-state index in [4.69, 9.17) is 5.11 Å².